The van der Waals surface area contributed by atoms with Gasteiger partial charge < -0.3 is 0 Å². The Morgan fingerprint density at radius 2 is 0.940 bits per heavy atom. The van der Waals surface area contributed by atoms with Crippen molar-refractivity contribution < 1.29 is 65.9 Å². The number of aromatic nitrogens is 2. The summed E-state index contributed by atoms with van der Waals surface area (Å²) in [7, 11) is 0. The summed E-state index contributed by atoms with van der Waals surface area (Å²) in [6, 6.07) is 2.92. The minimum absolute atomic E-state index is 0.382. The maximum absolute atomic E-state index is 15.5. The second-order valence-corrected chi connectivity index (χ2v) is 9.55. The van der Waals surface area contributed by atoms with E-state index in [9.17, 15) is 58.8 Å². The Morgan fingerprint density at radius 3 is 1.32 bits per heavy atom. The van der Waals surface area contributed by atoms with Crippen LogP contribution in [0.25, 0.3) is 16.7 Å². The Labute approximate surface area is 267 Å². The topological polar surface area (TPSA) is 97.2 Å². The summed E-state index contributed by atoms with van der Waals surface area (Å²) in [5.41, 5.74) is -23.6. The molecule has 1 aliphatic rings. The van der Waals surface area contributed by atoms with E-state index < -0.39 is 138 Å². The van der Waals surface area contributed by atoms with E-state index in [1.54, 1.807) is 0 Å². The van der Waals surface area contributed by atoms with Crippen LogP contribution in [0.1, 0.15) is 46.1 Å². The molecule has 0 radical (unpaired) electrons. The molecule has 20 heteroatoms. The second kappa shape index (κ2) is 12.3. The average molecular weight is 719 g/mol. The zero-order valence-corrected chi connectivity index (χ0v) is 23.5. The van der Waals surface area contributed by atoms with Crippen LogP contribution >= 0.6 is 0 Å². The van der Waals surface area contributed by atoms with Crippen molar-refractivity contribution in [2.75, 3.05) is 0 Å². The molecule has 1 aromatic carbocycles. The van der Waals surface area contributed by atoms with Crippen LogP contribution in [0.5, 0.6) is 0 Å². The lowest BCUT2D eigenvalue weighted by Gasteiger charge is -2.12. The molecule has 2 heterocycles. The third-order valence-electron chi connectivity index (χ3n) is 6.85. The van der Waals surface area contributed by atoms with Gasteiger partial charge in [-0.15, -0.1) is 6.42 Å². The predicted octanol–water partition coefficient (Wildman–Crippen LogP) is 8.36. The fourth-order valence-electron chi connectivity index (χ4n) is 4.73. The van der Waals surface area contributed by atoms with E-state index in [-0.39, 0.29) is 0 Å². The Bertz CT molecular complexity index is 2340. The van der Waals surface area contributed by atoms with Crippen LogP contribution in [-0.4, -0.2) is 9.97 Å². The van der Waals surface area contributed by atoms with Gasteiger partial charge in [-0.3, -0.25) is 0 Å². The number of hydrogen-bond acceptors (Lipinski definition) is 5. The van der Waals surface area contributed by atoms with Gasteiger partial charge in [0.25, 0.3) is 0 Å². The molecule has 50 heavy (non-hydrogen) atoms. The normalized spacial score (nSPS) is 15.8. The van der Waals surface area contributed by atoms with Gasteiger partial charge in [0.2, 0.25) is 11.9 Å². The van der Waals surface area contributed by atoms with Gasteiger partial charge in [-0.1, -0.05) is 5.92 Å². The maximum atomic E-state index is 15.5. The average Bonchev–Trinajstić information content (AvgIpc) is 3.75. The smallest absolute Gasteiger partial charge is 0.209 e. The highest BCUT2D eigenvalue weighted by atomic mass is 19.4. The number of terminal acetylenes is 1. The number of benzene rings is 1. The van der Waals surface area contributed by atoms with Crippen LogP contribution in [0.4, 0.5) is 65.9 Å². The number of halogens is 15. The van der Waals surface area contributed by atoms with Crippen molar-refractivity contribution >= 4 is 16.7 Å². The van der Waals surface area contributed by atoms with E-state index in [2.05, 4.69) is 9.97 Å². The number of rotatable bonds is 3. The van der Waals surface area contributed by atoms with Gasteiger partial charge in [-0.2, -0.15) is 50.9 Å². The van der Waals surface area contributed by atoms with Gasteiger partial charge in [0.05, 0.1) is 33.4 Å². The van der Waals surface area contributed by atoms with Crippen LogP contribution in [0.15, 0.2) is 16.7 Å². The summed E-state index contributed by atoms with van der Waals surface area (Å²) in [5, 5.41) is 28.8. The molecular formula is C30H4F15N5. The highest BCUT2D eigenvalue weighted by Crippen LogP contribution is 2.57. The first-order chi connectivity index (χ1) is 23.1. The molecule has 2 aromatic heterocycles. The van der Waals surface area contributed by atoms with Crippen molar-refractivity contribution in [2.45, 2.75) is 19.3 Å². The summed E-state index contributed by atoms with van der Waals surface area (Å²) in [5.74, 6) is -21.5. The second-order valence-electron chi connectivity index (χ2n) is 9.55. The lowest BCUT2D eigenvalue weighted by molar-refractivity contribution is -0.145. The van der Waals surface area contributed by atoms with Crippen LogP contribution in [0.3, 0.4) is 0 Å². The molecule has 0 atom stereocenters. The fraction of sp³-hybridized carbons (Fsp3) is 0.100. The van der Waals surface area contributed by atoms with Crippen molar-refractivity contribution in [3.8, 4) is 30.6 Å². The summed E-state index contributed by atoms with van der Waals surface area (Å²) in [6.07, 6.45) is -6.73. The Kier molecular flexibility index (Phi) is 9.00. The Morgan fingerprint density at radius 1 is 0.540 bits per heavy atom. The largest absolute Gasteiger partial charge is 0.436 e. The fourth-order valence-corrected chi connectivity index (χ4v) is 4.73. The number of alkyl halides is 6. The standard InChI is InChI=1S/C30H4F15N5/c1-3-8-9(4-46)19(32)20(33)16(18(8)31)10(5-47)14-12(7(2)13-21(34)25(29(40,41)42)49-27(38)23(13)36)15(14)11(6-48)17-22(35)26(30(43,44)45)50-28(39)24(17)37/h1H,2H3. The van der Waals surface area contributed by atoms with E-state index in [1.165, 1.54) is 5.92 Å². The van der Waals surface area contributed by atoms with Gasteiger partial charge in [0.15, 0.2) is 52.1 Å². The zero-order valence-electron chi connectivity index (χ0n) is 23.5. The molecule has 1 saturated carbocycles. The number of nitrogens with zero attached hydrogens (tertiary/aromatic N) is 5. The Balaban J connectivity index is 2.36. The lowest BCUT2D eigenvalue weighted by atomic mass is 9.96. The zero-order chi connectivity index (χ0) is 37.9. The van der Waals surface area contributed by atoms with Crippen molar-refractivity contribution in [1.29, 1.82) is 15.8 Å². The molecule has 0 amide bonds. The third-order valence-corrected chi connectivity index (χ3v) is 6.85. The van der Waals surface area contributed by atoms with Crippen LogP contribution in [0.2, 0.25) is 0 Å². The van der Waals surface area contributed by atoms with E-state index in [0.717, 1.165) is 18.2 Å². The molecule has 0 spiro atoms. The van der Waals surface area contributed by atoms with Gasteiger partial charge in [-0.05, 0) is 18.1 Å². The molecule has 0 aliphatic heterocycles. The number of nitriles is 3. The van der Waals surface area contributed by atoms with E-state index in [0.29, 0.717) is 6.92 Å². The molecule has 0 N–H and O–H groups in total. The first-order valence-corrected chi connectivity index (χ1v) is 12.4. The third kappa shape index (κ3) is 5.54. The van der Waals surface area contributed by atoms with Crippen LogP contribution < -0.4 is 0 Å². The summed E-state index contributed by atoms with van der Waals surface area (Å²) in [6.45, 7) is 0.382. The number of hydrogen-bond donors (Lipinski definition) is 0. The summed E-state index contributed by atoms with van der Waals surface area (Å²) >= 11 is 0. The highest BCUT2D eigenvalue weighted by Gasteiger charge is 2.47. The monoisotopic (exact) mass is 719 g/mol. The van der Waals surface area contributed by atoms with Crippen LogP contribution in [-0.2, 0) is 12.4 Å². The minimum atomic E-state index is -5.92. The molecule has 4 rings (SSSR count). The summed E-state index contributed by atoms with van der Waals surface area (Å²) in [4.78, 5) is 4.17. The molecule has 0 saturated heterocycles. The predicted molar refractivity (Wildman–Crippen MR) is 135 cm³/mol. The molecule has 3 aromatic rings. The summed E-state index contributed by atoms with van der Waals surface area (Å²) < 4.78 is 215. The molecule has 0 unspecified atom stereocenters. The lowest BCUT2D eigenvalue weighted by Crippen LogP contribution is -2.16. The minimum Gasteiger partial charge on any atom is -0.209 e. The van der Waals surface area contributed by atoms with Crippen molar-refractivity contribution in [3.05, 3.63) is 109 Å². The number of pyridine rings is 2. The van der Waals surface area contributed by atoms with E-state index in [4.69, 9.17) is 11.7 Å². The first-order valence-electron chi connectivity index (χ1n) is 12.4. The van der Waals surface area contributed by atoms with Gasteiger partial charge in [0.1, 0.15) is 23.8 Å². The van der Waals surface area contributed by atoms with Crippen molar-refractivity contribution in [2.24, 2.45) is 0 Å². The quantitative estimate of drug-likeness (QED) is 0.0892. The van der Waals surface area contributed by atoms with Crippen LogP contribution in [0, 0.1) is 99.0 Å². The maximum Gasteiger partial charge on any atom is 0.436 e. The van der Waals surface area contributed by atoms with Gasteiger partial charge >= 0.3 is 12.4 Å². The van der Waals surface area contributed by atoms with Crippen molar-refractivity contribution in [1.82, 2.24) is 9.97 Å². The van der Waals surface area contributed by atoms with Gasteiger partial charge in [-0.25, -0.2) is 40.7 Å². The number of allylic oxidation sites excluding steroid dienone is 6. The molecule has 1 fully saturated rings. The molecule has 254 valence electrons. The molecule has 1 aliphatic carbocycles. The van der Waals surface area contributed by atoms with E-state index in [1.807, 2.05) is 0 Å². The van der Waals surface area contributed by atoms with E-state index >= 15 is 17.6 Å². The van der Waals surface area contributed by atoms with Gasteiger partial charge in [0, 0.05) is 11.1 Å². The molecule has 5 nitrogen and oxygen atoms in total. The Hall–Kier alpha value is -6.28. The first kappa shape index (κ1) is 36.6. The molecule has 0 bridgehead atoms. The van der Waals surface area contributed by atoms with Crippen molar-refractivity contribution in [3.63, 3.8) is 0 Å². The SMILES string of the molecule is C#Cc1c(F)c(C(C#N)=C2C(=C(C)c3c(F)c(F)nc(C(F)(F)F)c3F)C2=C(C#N)c2c(F)c(F)nc(C(F)(F)F)c2F)c(F)c(F)c1C#N. The highest BCUT2D eigenvalue weighted by molar-refractivity contribution is 6.10. The molecular weight excluding hydrogens is 715 g/mol.